The highest BCUT2D eigenvalue weighted by Crippen LogP contribution is 2.22. The summed E-state index contributed by atoms with van der Waals surface area (Å²) in [7, 11) is 1.54. The predicted octanol–water partition coefficient (Wildman–Crippen LogP) is 6.09. The number of rotatable bonds is 8. The van der Waals surface area contributed by atoms with Crippen molar-refractivity contribution < 1.29 is 8.78 Å². The van der Waals surface area contributed by atoms with E-state index >= 15 is 0 Å². The van der Waals surface area contributed by atoms with Gasteiger partial charge in [0.15, 0.2) is 5.84 Å². The average Bonchev–Trinajstić information content (AvgIpc) is 2.48. The van der Waals surface area contributed by atoms with Crippen molar-refractivity contribution in [3.8, 4) is 0 Å². The molecule has 0 aliphatic heterocycles. The minimum atomic E-state index is -2.97. The molecule has 0 N–H and O–H groups in total. The molecule has 0 atom stereocenters. The molecule has 0 fully saturated rings. The second-order valence-electron chi connectivity index (χ2n) is 5.67. The van der Waals surface area contributed by atoms with E-state index in [2.05, 4.69) is 29.6 Å². The first kappa shape index (κ1) is 22.5. The molecule has 5 heteroatoms. The summed E-state index contributed by atoms with van der Waals surface area (Å²) in [6.07, 6.45) is 11.3. The Labute approximate surface area is 149 Å². The molecule has 0 unspecified atom stereocenters. The first-order valence-corrected chi connectivity index (χ1v) is 9.10. The van der Waals surface area contributed by atoms with Gasteiger partial charge in [0.05, 0.1) is 6.21 Å². The summed E-state index contributed by atoms with van der Waals surface area (Å²) in [6.45, 7) is 11.0. The summed E-state index contributed by atoms with van der Waals surface area (Å²) in [5.74, 6) is -2.46. The highest BCUT2D eigenvalue weighted by Gasteiger charge is 2.17. The van der Waals surface area contributed by atoms with Crippen LogP contribution in [-0.2, 0) is 0 Å². The van der Waals surface area contributed by atoms with Crippen molar-refractivity contribution in [2.75, 3.05) is 13.3 Å². The standard InChI is InChI=1S/C19H28F2N2S/c1-8-9-17(24-7)15(4)10-11-16(12-14(2)3)18(22-6)23-13-19(5,20)21/h9-14H,4,8H2,1-3,5-7H3/b11-10-,16-12+,17-9?,22-18-,23-13+. The molecule has 2 nitrogen and oxygen atoms in total. The van der Waals surface area contributed by atoms with Gasteiger partial charge in [-0.05, 0) is 24.2 Å². The minimum Gasteiger partial charge on any atom is -0.270 e. The Morgan fingerprint density at radius 2 is 1.92 bits per heavy atom. The van der Waals surface area contributed by atoms with E-state index in [0.29, 0.717) is 11.8 Å². The van der Waals surface area contributed by atoms with Crippen LogP contribution >= 0.6 is 11.8 Å². The minimum absolute atomic E-state index is 0.234. The van der Waals surface area contributed by atoms with Gasteiger partial charge in [-0.2, -0.15) is 0 Å². The number of hydrogen-bond donors (Lipinski definition) is 0. The van der Waals surface area contributed by atoms with Crippen LogP contribution in [0.25, 0.3) is 0 Å². The Kier molecular flexibility index (Phi) is 10.4. The quantitative estimate of drug-likeness (QED) is 0.294. The lowest BCUT2D eigenvalue weighted by Gasteiger charge is -2.08. The Balaban J connectivity index is 5.58. The van der Waals surface area contributed by atoms with Crippen molar-refractivity contribution in [3.05, 3.63) is 46.9 Å². The lowest BCUT2D eigenvalue weighted by Crippen LogP contribution is -2.13. The van der Waals surface area contributed by atoms with Gasteiger partial charge in [0.1, 0.15) is 0 Å². The van der Waals surface area contributed by atoms with Gasteiger partial charge >= 0.3 is 0 Å². The number of thioether (sulfide) groups is 1. The van der Waals surface area contributed by atoms with Crippen LogP contribution in [0.4, 0.5) is 8.78 Å². The highest BCUT2D eigenvalue weighted by atomic mass is 32.2. The van der Waals surface area contributed by atoms with Crippen molar-refractivity contribution in [2.45, 2.75) is 40.0 Å². The molecule has 0 aromatic heterocycles. The topological polar surface area (TPSA) is 24.7 Å². The van der Waals surface area contributed by atoms with Gasteiger partial charge in [-0.15, -0.1) is 11.8 Å². The number of alkyl halides is 2. The van der Waals surface area contributed by atoms with E-state index in [9.17, 15) is 8.78 Å². The molecule has 0 aromatic carbocycles. The molecular formula is C19H28F2N2S. The van der Waals surface area contributed by atoms with Gasteiger partial charge in [-0.1, -0.05) is 51.7 Å². The molecule has 0 bridgehead atoms. The fourth-order valence-corrected chi connectivity index (χ4v) is 2.47. The molecule has 0 aliphatic rings. The van der Waals surface area contributed by atoms with E-state index in [-0.39, 0.29) is 11.8 Å². The highest BCUT2D eigenvalue weighted by molar-refractivity contribution is 8.02. The van der Waals surface area contributed by atoms with Crippen LogP contribution in [0.2, 0.25) is 0 Å². The molecule has 0 radical (unpaired) electrons. The average molecular weight is 355 g/mol. The summed E-state index contributed by atoms with van der Waals surface area (Å²) in [4.78, 5) is 8.99. The Hall–Kier alpha value is -1.49. The van der Waals surface area contributed by atoms with Crippen LogP contribution in [-0.4, -0.2) is 31.3 Å². The van der Waals surface area contributed by atoms with Crippen molar-refractivity contribution in [1.29, 1.82) is 0 Å². The Morgan fingerprint density at radius 3 is 2.33 bits per heavy atom. The number of halogens is 2. The molecule has 0 spiro atoms. The van der Waals surface area contributed by atoms with Crippen LogP contribution in [0.15, 0.2) is 56.9 Å². The van der Waals surface area contributed by atoms with Crippen molar-refractivity contribution in [3.63, 3.8) is 0 Å². The van der Waals surface area contributed by atoms with Crippen molar-refractivity contribution >= 4 is 23.8 Å². The lowest BCUT2D eigenvalue weighted by molar-refractivity contribution is 0.107. The molecule has 24 heavy (non-hydrogen) atoms. The summed E-state index contributed by atoms with van der Waals surface area (Å²) in [5.41, 5.74) is 1.57. The zero-order chi connectivity index (χ0) is 18.8. The number of allylic oxidation sites excluding steroid dienone is 4. The third-order valence-electron chi connectivity index (χ3n) is 2.79. The van der Waals surface area contributed by atoms with Gasteiger partial charge in [0.25, 0.3) is 5.92 Å². The smallest absolute Gasteiger partial charge is 0.270 e. The van der Waals surface area contributed by atoms with E-state index in [1.54, 1.807) is 18.8 Å². The molecule has 134 valence electrons. The Morgan fingerprint density at radius 1 is 1.29 bits per heavy atom. The maximum atomic E-state index is 13.0. The van der Waals surface area contributed by atoms with Crippen molar-refractivity contribution in [2.24, 2.45) is 15.9 Å². The number of aliphatic imine (C=N–C) groups is 2. The Bertz CT molecular complexity index is 562. The second kappa shape index (κ2) is 11.1. The third-order valence-corrected chi connectivity index (χ3v) is 3.66. The zero-order valence-electron chi connectivity index (χ0n) is 15.4. The van der Waals surface area contributed by atoms with Gasteiger partial charge in [0.2, 0.25) is 0 Å². The fraction of sp³-hybridized carbons (Fsp3) is 0.474. The first-order chi connectivity index (χ1) is 11.1. The molecule has 0 saturated carbocycles. The molecule has 0 aliphatic carbocycles. The molecule has 0 heterocycles. The summed E-state index contributed by atoms with van der Waals surface area (Å²) in [5, 5.41) is 0. The number of hydrogen-bond acceptors (Lipinski definition) is 2. The van der Waals surface area contributed by atoms with Crippen molar-refractivity contribution in [1.82, 2.24) is 0 Å². The summed E-state index contributed by atoms with van der Waals surface area (Å²) < 4.78 is 26.1. The monoisotopic (exact) mass is 354 g/mol. The molecule has 0 amide bonds. The van der Waals surface area contributed by atoms with Crippen LogP contribution in [0.1, 0.15) is 34.1 Å². The van der Waals surface area contributed by atoms with E-state index < -0.39 is 5.92 Å². The van der Waals surface area contributed by atoms with E-state index in [1.807, 2.05) is 38.3 Å². The molecule has 0 aromatic rings. The first-order valence-electron chi connectivity index (χ1n) is 7.88. The van der Waals surface area contributed by atoms with Crippen LogP contribution in [0, 0.1) is 5.92 Å². The van der Waals surface area contributed by atoms with E-state index in [1.165, 1.54) is 0 Å². The van der Waals surface area contributed by atoms with E-state index in [4.69, 9.17) is 0 Å². The maximum Gasteiger partial charge on any atom is 0.280 e. The largest absolute Gasteiger partial charge is 0.280 e. The van der Waals surface area contributed by atoms with Gasteiger partial charge in [-0.3, -0.25) is 4.99 Å². The zero-order valence-corrected chi connectivity index (χ0v) is 16.3. The van der Waals surface area contributed by atoms with Crippen LogP contribution in [0.5, 0.6) is 0 Å². The SMILES string of the molecule is C=C(\C=C/C(=C\C(C)C)C(=N/C)/N=C/C(C)(F)F)C(=CCC)SC. The molecule has 0 rings (SSSR count). The number of amidine groups is 1. The van der Waals surface area contributed by atoms with Gasteiger partial charge < -0.3 is 0 Å². The maximum absolute atomic E-state index is 13.0. The number of nitrogens with zero attached hydrogens (tertiary/aromatic N) is 2. The molecule has 0 saturated heterocycles. The van der Waals surface area contributed by atoms with E-state index in [0.717, 1.165) is 23.8 Å². The van der Waals surface area contributed by atoms with Gasteiger partial charge in [-0.25, -0.2) is 13.8 Å². The van der Waals surface area contributed by atoms with Gasteiger partial charge in [0, 0.05) is 24.4 Å². The molecular weight excluding hydrogens is 326 g/mol. The van der Waals surface area contributed by atoms with Crippen LogP contribution < -0.4 is 0 Å². The predicted molar refractivity (Wildman–Crippen MR) is 106 cm³/mol. The van der Waals surface area contributed by atoms with Crippen LogP contribution in [0.3, 0.4) is 0 Å². The normalized spacial score (nSPS) is 15.1. The second-order valence-corrected chi connectivity index (χ2v) is 6.52. The third kappa shape index (κ3) is 9.60. The lowest BCUT2D eigenvalue weighted by atomic mass is 10.1. The summed E-state index contributed by atoms with van der Waals surface area (Å²) >= 11 is 1.63. The fourth-order valence-electron chi connectivity index (χ4n) is 1.80. The summed E-state index contributed by atoms with van der Waals surface area (Å²) in [6, 6.07) is 0.